The van der Waals surface area contributed by atoms with Gasteiger partial charge in [-0.25, -0.2) is 0 Å². The monoisotopic (exact) mass is 546 g/mol. The summed E-state index contributed by atoms with van der Waals surface area (Å²) < 4.78 is 5.95. The van der Waals surface area contributed by atoms with E-state index < -0.39 is 0 Å². The molecule has 210 valence electrons. The van der Waals surface area contributed by atoms with Gasteiger partial charge in [0.1, 0.15) is 18.7 Å². The maximum absolute atomic E-state index is 10.5. The average Bonchev–Trinajstić information content (AvgIpc) is 3.01. The van der Waals surface area contributed by atoms with E-state index in [-0.39, 0.29) is 11.8 Å². The van der Waals surface area contributed by atoms with E-state index in [4.69, 9.17) is 10.1 Å². The number of aldehydes is 1. The summed E-state index contributed by atoms with van der Waals surface area (Å²) in [5.41, 5.74) is 9.69. The van der Waals surface area contributed by atoms with Crippen LogP contribution in [0.4, 0.5) is 0 Å². The van der Waals surface area contributed by atoms with Crippen LogP contribution in [0.1, 0.15) is 54.4 Å². The Balaban J connectivity index is 1.54. The molecule has 3 aromatic carbocycles. The molecule has 3 aromatic rings. The van der Waals surface area contributed by atoms with Crippen molar-refractivity contribution in [2.24, 2.45) is 16.3 Å². The predicted molar refractivity (Wildman–Crippen MR) is 165 cm³/mol. The van der Waals surface area contributed by atoms with Crippen LogP contribution in [0.15, 0.2) is 131 Å². The van der Waals surface area contributed by atoms with Crippen molar-refractivity contribution >= 4 is 12.1 Å². The molecular formula is C35H38N4O2. The van der Waals surface area contributed by atoms with Crippen LogP contribution >= 0.6 is 0 Å². The summed E-state index contributed by atoms with van der Waals surface area (Å²) in [4.78, 5) is 10.5. The Morgan fingerprint density at radius 2 is 1.78 bits per heavy atom. The first-order valence-corrected chi connectivity index (χ1v) is 14.1. The maximum Gasteiger partial charge on any atom is 0.176 e. The minimum Gasteiger partial charge on any atom is -0.490 e. The SMILES string of the molecule is C=C(/C=C\C1=C(C)CC[C@H](c2ccccc2)C1Cc1cccc(C(=N)/N=N\NCCC=O)c1)OCc1ccccc1. The fourth-order valence-corrected chi connectivity index (χ4v) is 5.27. The lowest BCUT2D eigenvalue weighted by molar-refractivity contribution is -0.107. The number of hydrogen-bond donors (Lipinski definition) is 2. The van der Waals surface area contributed by atoms with Gasteiger partial charge in [0.15, 0.2) is 5.84 Å². The van der Waals surface area contributed by atoms with Crippen molar-refractivity contribution in [3.05, 3.63) is 143 Å². The zero-order chi connectivity index (χ0) is 28.9. The van der Waals surface area contributed by atoms with Crippen LogP contribution in [-0.2, 0) is 22.6 Å². The molecule has 6 nitrogen and oxygen atoms in total. The molecule has 6 heteroatoms. The van der Waals surface area contributed by atoms with Gasteiger partial charge in [-0.05, 0) is 72.4 Å². The minimum absolute atomic E-state index is 0.0763. The van der Waals surface area contributed by atoms with Gasteiger partial charge in [-0.2, -0.15) is 0 Å². The molecule has 41 heavy (non-hydrogen) atoms. The third-order valence-electron chi connectivity index (χ3n) is 7.40. The predicted octanol–water partition coefficient (Wildman–Crippen LogP) is 7.90. The van der Waals surface area contributed by atoms with Crippen LogP contribution < -0.4 is 5.43 Å². The zero-order valence-electron chi connectivity index (χ0n) is 23.6. The maximum atomic E-state index is 10.5. The lowest BCUT2D eigenvalue weighted by Gasteiger charge is -2.35. The first-order chi connectivity index (χ1) is 20.0. The summed E-state index contributed by atoms with van der Waals surface area (Å²) >= 11 is 0. The number of carbonyl (C=O) groups excluding carboxylic acids is 1. The molecule has 2 atom stereocenters. The second-order valence-corrected chi connectivity index (χ2v) is 10.3. The van der Waals surface area contributed by atoms with Crippen molar-refractivity contribution in [1.29, 1.82) is 5.41 Å². The first kappa shape index (κ1) is 29.4. The molecule has 1 aliphatic carbocycles. The fourth-order valence-electron chi connectivity index (χ4n) is 5.27. The standard InChI is InChI=1S/C35H38N4O2/c1-26-17-19-33(30-14-7-4-8-15-30)34(32(26)20-18-27(2)41-25-28-11-5-3-6-12-28)24-29-13-9-16-31(23-29)35(36)38-39-37-21-10-22-40/h3-9,11-16,18,20,22-23,33-34H,2,10,17,19,21,24-25H2,1H3,(H2,36,37,38)/b20-18-/t33-,34?/m1/s1. The van der Waals surface area contributed by atoms with Crippen LogP contribution in [0.3, 0.4) is 0 Å². The highest BCUT2D eigenvalue weighted by atomic mass is 16.5. The summed E-state index contributed by atoms with van der Waals surface area (Å²) in [5, 5.41) is 16.2. The molecule has 0 bridgehead atoms. The number of allylic oxidation sites excluding steroid dienone is 4. The normalized spacial score (nSPS) is 17.1. The van der Waals surface area contributed by atoms with Crippen LogP contribution in [0, 0.1) is 11.3 Å². The molecule has 1 unspecified atom stereocenters. The topological polar surface area (TPSA) is 86.9 Å². The van der Waals surface area contributed by atoms with Crippen molar-refractivity contribution in [2.45, 2.75) is 45.1 Å². The van der Waals surface area contributed by atoms with E-state index in [1.807, 2.05) is 54.6 Å². The molecule has 0 fully saturated rings. The highest BCUT2D eigenvalue weighted by molar-refractivity contribution is 5.96. The van der Waals surface area contributed by atoms with Crippen LogP contribution in [0.25, 0.3) is 0 Å². The Kier molecular flexibility index (Phi) is 11.0. The van der Waals surface area contributed by atoms with Gasteiger partial charge in [0.2, 0.25) is 0 Å². The van der Waals surface area contributed by atoms with E-state index in [9.17, 15) is 4.79 Å². The Morgan fingerprint density at radius 3 is 2.54 bits per heavy atom. The van der Waals surface area contributed by atoms with Crippen molar-refractivity contribution < 1.29 is 9.53 Å². The summed E-state index contributed by atoms with van der Waals surface area (Å²) in [5.74, 6) is 1.33. The number of nitrogens with one attached hydrogen (secondary N) is 2. The van der Waals surface area contributed by atoms with Gasteiger partial charge in [0, 0.05) is 18.5 Å². The quantitative estimate of drug-likeness (QED) is 0.0334. The van der Waals surface area contributed by atoms with E-state index in [1.165, 1.54) is 16.7 Å². The molecular weight excluding hydrogens is 508 g/mol. The Hall–Kier alpha value is -4.58. The average molecular weight is 547 g/mol. The summed E-state index contributed by atoms with van der Waals surface area (Å²) in [6, 6.07) is 28.8. The van der Waals surface area contributed by atoms with Gasteiger partial charge in [-0.3, -0.25) is 10.8 Å². The number of carbonyl (C=O) groups is 1. The summed E-state index contributed by atoms with van der Waals surface area (Å²) in [6.45, 7) is 7.25. The van der Waals surface area contributed by atoms with Gasteiger partial charge in [-0.15, -0.1) is 5.11 Å². The molecule has 0 spiro atoms. The van der Waals surface area contributed by atoms with E-state index in [0.717, 1.165) is 36.7 Å². The van der Waals surface area contributed by atoms with E-state index in [1.54, 1.807) is 0 Å². The second kappa shape index (κ2) is 15.3. The number of hydrogen-bond acceptors (Lipinski definition) is 4. The second-order valence-electron chi connectivity index (χ2n) is 10.3. The third-order valence-corrected chi connectivity index (χ3v) is 7.40. The molecule has 1 aliphatic rings. The van der Waals surface area contributed by atoms with E-state index in [2.05, 4.69) is 71.7 Å². The highest BCUT2D eigenvalue weighted by Gasteiger charge is 2.30. The van der Waals surface area contributed by atoms with E-state index in [0.29, 0.717) is 36.8 Å². The zero-order valence-corrected chi connectivity index (χ0v) is 23.6. The lowest BCUT2D eigenvalue weighted by atomic mass is 9.70. The van der Waals surface area contributed by atoms with Gasteiger partial charge >= 0.3 is 0 Å². The summed E-state index contributed by atoms with van der Waals surface area (Å²) in [7, 11) is 0. The van der Waals surface area contributed by atoms with Gasteiger partial charge in [-0.1, -0.05) is 102 Å². The molecule has 0 aromatic heterocycles. The molecule has 2 N–H and O–H groups in total. The van der Waals surface area contributed by atoms with Crippen LogP contribution in [0.5, 0.6) is 0 Å². The van der Waals surface area contributed by atoms with Gasteiger partial charge in [0.25, 0.3) is 0 Å². The number of rotatable bonds is 13. The number of ether oxygens (including phenoxy) is 1. The van der Waals surface area contributed by atoms with Gasteiger partial charge in [0.05, 0.1) is 0 Å². The molecule has 0 amide bonds. The molecule has 0 saturated heterocycles. The van der Waals surface area contributed by atoms with Crippen molar-refractivity contribution in [3.63, 3.8) is 0 Å². The lowest BCUT2D eigenvalue weighted by Crippen LogP contribution is -2.22. The first-order valence-electron chi connectivity index (χ1n) is 14.1. The van der Waals surface area contributed by atoms with Crippen molar-refractivity contribution in [2.75, 3.05) is 6.54 Å². The molecule has 0 heterocycles. The Morgan fingerprint density at radius 1 is 1.05 bits per heavy atom. The number of amidine groups is 1. The third kappa shape index (κ3) is 8.70. The Labute approximate surface area is 243 Å². The van der Waals surface area contributed by atoms with Gasteiger partial charge < -0.3 is 9.53 Å². The minimum atomic E-state index is 0.0763. The fraction of sp³-hybridized carbons (Fsp3) is 0.257. The van der Waals surface area contributed by atoms with Crippen LogP contribution in [0.2, 0.25) is 0 Å². The molecule has 4 rings (SSSR count). The molecule has 0 radical (unpaired) electrons. The van der Waals surface area contributed by atoms with Crippen molar-refractivity contribution in [3.8, 4) is 0 Å². The van der Waals surface area contributed by atoms with Crippen LogP contribution in [-0.4, -0.2) is 18.7 Å². The van der Waals surface area contributed by atoms with Crippen molar-refractivity contribution in [1.82, 2.24) is 5.43 Å². The Bertz CT molecular complexity index is 1410. The summed E-state index contributed by atoms with van der Waals surface area (Å²) in [6.07, 6.45) is 8.29. The molecule has 0 aliphatic heterocycles. The number of benzene rings is 3. The largest absolute Gasteiger partial charge is 0.490 e. The molecule has 0 saturated carbocycles. The van der Waals surface area contributed by atoms with E-state index >= 15 is 0 Å². The number of nitrogens with zero attached hydrogens (tertiary/aromatic N) is 2. The smallest absolute Gasteiger partial charge is 0.176 e. The highest BCUT2D eigenvalue weighted by Crippen LogP contribution is 2.43.